The lowest BCUT2D eigenvalue weighted by molar-refractivity contribution is -0.137. The van der Waals surface area contributed by atoms with Crippen molar-refractivity contribution in [3.8, 4) is 11.5 Å². The molecule has 0 unspecified atom stereocenters. The van der Waals surface area contributed by atoms with Gasteiger partial charge in [0.15, 0.2) is 0 Å². The predicted octanol–water partition coefficient (Wildman–Crippen LogP) is 4.57. The lowest BCUT2D eigenvalue weighted by atomic mass is 9.99. The summed E-state index contributed by atoms with van der Waals surface area (Å²) >= 11 is 0. The quantitative estimate of drug-likeness (QED) is 0.738. The third kappa shape index (κ3) is 3.94. The molecule has 26 heavy (non-hydrogen) atoms. The van der Waals surface area contributed by atoms with Crippen LogP contribution >= 0.6 is 0 Å². The van der Waals surface area contributed by atoms with E-state index < -0.39 is 17.3 Å². The fraction of sp³-hybridized carbons (Fsp3) is 0.263. The fourth-order valence-electron chi connectivity index (χ4n) is 2.49. The van der Waals surface area contributed by atoms with E-state index in [-0.39, 0.29) is 11.8 Å². The second-order valence-electron chi connectivity index (χ2n) is 6.50. The Bertz CT molecular complexity index is 894. The van der Waals surface area contributed by atoms with E-state index in [4.69, 9.17) is 4.42 Å². The van der Waals surface area contributed by atoms with Gasteiger partial charge >= 0.3 is 6.18 Å². The molecule has 0 saturated carbocycles. The van der Waals surface area contributed by atoms with Crippen molar-refractivity contribution >= 4 is 0 Å². The summed E-state index contributed by atoms with van der Waals surface area (Å²) in [5.74, 6) is 0.349. The van der Waals surface area contributed by atoms with Gasteiger partial charge in [-0.3, -0.25) is 0 Å². The van der Waals surface area contributed by atoms with Crippen molar-refractivity contribution in [3.63, 3.8) is 0 Å². The third-order valence-corrected chi connectivity index (χ3v) is 3.87. The lowest BCUT2D eigenvalue weighted by Gasteiger charge is -2.11. The first-order valence-electron chi connectivity index (χ1n) is 7.95. The first kappa shape index (κ1) is 18.1. The van der Waals surface area contributed by atoms with Gasteiger partial charge in [-0.15, -0.1) is 10.2 Å². The molecule has 0 bridgehead atoms. The largest absolute Gasteiger partial charge is 0.418 e. The van der Waals surface area contributed by atoms with Gasteiger partial charge in [0.2, 0.25) is 11.8 Å². The van der Waals surface area contributed by atoms with Crippen LogP contribution in [0.15, 0.2) is 52.9 Å². The molecule has 4 nitrogen and oxygen atoms in total. The topological polar surface area (TPSA) is 59.2 Å². The number of halogens is 3. The minimum Gasteiger partial charge on any atom is -0.418 e. The van der Waals surface area contributed by atoms with E-state index in [1.165, 1.54) is 12.1 Å². The summed E-state index contributed by atoms with van der Waals surface area (Å²) in [6, 6.07) is 12.3. The molecule has 0 spiro atoms. The number of benzene rings is 2. The van der Waals surface area contributed by atoms with Gasteiger partial charge in [-0.2, -0.15) is 13.2 Å². The second-order valence-corrected chi connectivity index (χ2v) is 6.50. The highest BCUT2D eigenvalue weighted by atomic mass is 19.4. The van der Waals surface area contributed by atoms with Gasteiger partial charge in [-0.25, -0.2) is 0 Å². The number of hydrogen-bond donors (Lipinski definition) is 1. The average molecular weight is 362 g/mol. The van der Waals surface area contributed by atoms with Crippen LogP contribution in [-0.2, 0) is 18.2 Å². The van der Waals surface area contributed by atoms with Crippen LogP contribution in [0.2, 0.25) is 0 Å². The molecule has 0 radical (unpaired) electrons. The minimum absolute atomic E-state index is 0.0943. The molecule has 1 heterocycles. The Balaban J connectivity index is 1.89. The summed E-state index contributed by atoms with van der Waals surface area (Å²) in [7, 11) is 0. The molecule has 136 valence electrons. The van der Waals surface area contributed by atoms with Crippen LogP contribution in [0.25, 0.3) is 11.5 Å². The summed E-state index contributed by atoms with van der Waals surface area (Å²) in [5.41, 5.74) is 0.302. The number of nitrogens with zero attached hydrogens (tertiary/aromatic N) is 2. The van der Waals surface area contributed by atoms with E-state index in [0.717, 1.165) is 23.3 Å². The van der Waals surface area contributed by atoms with Crippen molar-refractivity contribution in [3.05, 3.63) is 71.1 Å². The number of alkyl halides is 3. The Kier molecular flexibility index (Phi) is 4.58. The van der Waals surface area contributed by atoms with Crippen LogP contribution in [0, 0.1) is 0 Å². The SMILES string of the molecule is CC(C)(O)c1nnc(-c2ccccc2Cc2ccc(C(F)(F)F)cc2)o1. The molecule has 0 saturated heterocycles. The zero-order valence-corrected chi connectivity index (χ0v) is 14.2. The van der Waals surface area contributed by atoms with Gasteiger partial charge in [-0.05, 0) is 49.6 Å². The molecule has 0 atom stereocenters. The van der Waals surface area contributed by atoms with Crippen molar-refractivity contribution in [2.45, 2.75) is 32.0 Å². The van der Waals surface area contributed by atoms with E-state index in [9.17, 15) is 18.3 Å². The average Bonchev–Trinajstić information content (AvgIpc) is 3.05. The maximum atomic E-state index is 12.7. The van der Waals surface area contributed by atoms with Crippen molar-refractivity contribution in [2.75, 3.05) is 0 Å². The van der Waals surface area contributed by atoms with E-state index >= 15 is 0 Å². The Morgan fingerprint density at radius 3 is 2.19 bits per heavy atom. The van der Waals surface area contributed by atoms with Crippen molar-refractivity contribution in [1.82, 2.24) is 10.2 Å². The van der Waals surface area contributed by atoms with E-state index in [1.807, 2.05) is 12.1 Å². The molecule has 0 aliphatic carbocycles. The van der Waals surface area contributed by atoms with Crippen LogP contribution in [0.1, 0.15) is 36.4 Å². The van der Waals surface area contributed by atoms with Crippen molar-refractivity contribution in [2.24, 2.45) is 0 Å². The highest BCUT2D eigenvalue weighted by Crippen LogP contribution is 2.31. The first-order valence-corrected chi connectivity index (χ1v) is 7.95. The van der Waals surface area contributed by atoms with Crippen LogP contribution in [-0.4, -0.2) is 15.3 Å². The molecule has 0 amide bonds. The smallest absolute Gasteiger partial charge is 0.416 e. The zero-order chi connectivity index (χ0) is 18.9. The molecule has 3 aromatic rings. The molecule has 0 aliphatic heterocycles. The number of rotatable bonds is 4. The van der Waals surface area contributed by atoms with Crippen molar-refractivity contribution in [1.29, 1.82) is 0 Å². The van der Waals surface area contributed by atoms with Gasteiger partial charge in [0.05, 0.1) is 5.56 Å². The number of aromatic nitrogens is 2. The molecule has 0 aliphatic rings. The predicted molar refractivity (Wildman–Crippen MR) is 89.2 cm³/mol. The first-order chi connectivity index (χ1) is 12.1. The van der Waals surface area contributed by atoms with Crippen LogP contribution < -0.4 is 0 Å². The molecule has 0 fully saturated rings. The summed E-state index contributed by atoms with van der Waals surface area (Å²) in [4.78, 5) is 0. The lowest BCUT2D eigenvalue weighted by Crippen LogP contribution is -2.15. The van der Waals surface area contributed by atoms with Crippen molar-refractivity contribution < 1.29 is 22.7 Å². The monoisotopic (exact) mass is 362 g/mol. The van der Waals surface area contributed by atoms with Gasteiger partial charge in [-0.1, -0.05) is 30.3 Å². The number of hydrogen-bond acceptors (Lipinski definition) is 4. The van der Waals surface area contributed by atoms with Gasteiger partial charge < -0.3 is 9.52 Å². The highest BCUT2D eigenvalue weighted by Gasteiger charge is 2.30. The molecule has 2 aromatic carbocycles. The molecule has 1 N–H and O–H groups in total. The summed E-state index contributed by atoms with van der Waals surface area (Å²) in [6.07, 6.45) is -3.94. The van der Waals surface area contributed by atoms with Crippen LogP contribution in [0.3, 0.4) is 0 Å². The minimum atomic E-state index is -4.35. The summed E-state index contributed by atoms with van der Waals surface area (Å²) < 4.78 is 43.6. The van der Waals surface area contributed by atoms with Gasteiger partial charge in [0, 0.05) is 5.56 Å². The standard InChI is InChI=1S/C19H17F3N2O2/c1-18(2,25)17-24-23-16(26-17)15-6-4-3-5-13(15)11-12-7-9-14(10-8-12)19(20,21)22/h3-10,25H,11H2,1-2H3. The van der Waals surface area contributed by atoms with Gasteiger partial charge in [0.1, 0.15) is 5.60 Å². The maximum absolute atomic E-state index is 12.7. The van der Waals surface area contributed by atoms with E-state index in [1.54, 1.807) is 26.0 Å². The van der Waals surface area contributed by atoms with Crippen LogP contribution in [0.4, 0.5) is 13.2 Å². The Labute approximate surface area is 148 Å². The Morgan fingerprint density at radius 2 is 1.62 bits per heavy atom. The molecular weight excluding hydrogens is 345 g/mol. The normalized spacial score (nSPS) is 12.4. The van der Waals surface area contributed by atoms with Gasteiger partial charge in [0.25, 0.3) is 0 Å². The molecule has 7 heteroatoms. The second kappa shape index (κ2) is 6.57. The molecule has 3 rings (SSSR count). The van der Waals surface area contributed by atoms with Crippen LogP contribution in [0.5, 0.6) is 0 Å². The van der Waals surface area contributed by atoms with E-state index in [2.05, 4.69) is 10.2 Å². The third-order valence-electron chi connectivity index (χ3n) is 3.87. The Morgan fingerprint density at radius 1 is 0.962 bits per heavy atom. The summed E-state index contributed by atoms with van der Waals surface area (Å²) in [6.45, 7) is 3.08. The number of aliphatic hydroxyl groups is 1. The molecular formula is C19H17F3N2O2. The highest BCUT2D eigenvalue weighted by molar-refractivity contribution is 5.59. The fourth-order valence-corrected chi connectivity index (χ4v) is 2.49. The maximum Gasteiger partial charge on any atom is 0.416 e. The Hall–Kier alpha value is -2.67. The molecule has 1 aromatic heterocycles. The van der Waals surface area contributed by atoms with E-state index in [0.29, 0.717) is 12.0 Å². The summed E-state index contributed by atoms with van der Waals surface area (Å²) in [5, 5.41) is 17.8. The zero-order valence-electron chi connectivity index (χ0n) is 14.2.